The summed E-state index contributed by atoms with van der Waals surface area (Å²) >= 11 is 0. The lowest BCUT2D eigenvalue weighted by Crippen LogP contribution is -2.50. The van der Waals surface area contributed by atoms with E-state index in [0.29, 0.717) is 12.7 Å². The van der Waals surface area contributed by atoms with E-state index in [1.807, 2.05) is 13.8 Å². The number of carbonyl (C=O) groups is 1. The number of rotatable bonds is 6. The van der Waals surface area contributed by atoms with Gasteiger partial charge in [0.25, 0.3) is 0 Å². The molecule has 0 saturated carbocycles. The Kier molecular flexibility index (Phi) is 6.38. The molecule has 1 aromatic carbocycles. The number of aliphatic carboxylic acids is 1. The van der Waals surface area contributed by atoms with Crippen LogP contribution in [0.5, 0.6) is 0 Å². The van der Waals surface area contributed by atoms with Crippen molar-refractivity contribution < 1.29 is 27.5 Å². The van der Waals surface area contributed by atoms with Crippen LogP contribution in [-0.2, 0) is 9.22 Å². The van der Waals surface area contributed by atoms with Crippen LogP contribution in [0.25, 0.3) is 0 Å². The van der Waals surface area contributed by atoms with E-state index in [2.05, 4.69) is 27.3 Å². The second kappa shape index (κ2) is 7.80. The van der Waals surface area contributed by atoms with Gasteiger partial charge in [-0.25, -0.2) is 18.0 Å². The molecule has 1 aromatic rings. The monoisotopic (exact) mass is 417 g/mol. The Morgan fingerprint density at radius 1 is 1.32 bits per heavy atom. The largest absolute Gasteiger partial charge is 0.479 e. The molecule has 1 N–H and O–H groups in total. The normalized spacial score (nSPS) is 25.1. The van der Waals surface area contributed by atoms with Crippen LogP contribution in [0.3, 0.4) is 0 Å². The minimum absolute atomic E-state index is 0.00711. The van der Waals surface area contributed by atoms with Crippen molar-refractivity contribution in [1.82, 2.24) is 4.90 Å². The molecule has 4 nitrogen and oxygen atoms in total. The molecule has 1 saturated heterocycles. The van der Waals surface area contributed by atoms with Crippen molar-refractivity contribution in [2.24, 2.45) is 0 Å². The first-order chi connectivity index (χ1) is 12.7. The first kappa shape index (κ1) is 22.9. The Balaban J connectivity index is 2.27. The topological polar surface area (TPSA) is 49.8 Å². The fraction of sp³-hybridized carbons (Fsp3) is 0.650. The molecule has 0 spiro atoms. The van der Waals surface area contributed by atoms with Gasteiger partial charge in [-0.2, -0.15) is 0 Å². The summed E-state index contributed by atoms with van der Waals surface area (Å²) in [6, 6.07) is 2.81. The second-order valence-corrected chi connectivity index (χ2v) is 12.7. The molecule has 0 bridgehead atoms. The van der Waals surface area contributed by atoms with E-state index < -0.39 is 43.8 Å². The van der Waals surface area contributed by atoms with Crippen LogP contribution in [-0.4, -0.2) is 55.9 Å². The molecule has 28 heavy (non-hydrogen) atoms. The van der Waals surface area contributed by atoms with Gasteiger partial charge in [0.1, 0.15) is 11.6 Å². The molecule has 158 valence electrons. The summed E-state index contributed by atoms with van der Waals surface area (Å²) in [4.78, 5) is 13.4. The van der Waals surface area contributed by atoms with Gasteiger partial charge >= 0.3 is 5.97 Å². The van der Waals surface area contributed by atoms with Crippen molar-refractivity contribution in [2.45, 2.75) is 63.3 Å². The van der Waals surface area contributed by atoms with Gasteiger partial charge in [0, 0.05) is 30.6 Å². The predicted molar refractivity (Wildman–Crippen MR) is 105 cm³/mol. The zero-order chi connectivity index (χ0) is 21.5. The van der Waals surface area contributed by atoms with E-state index in [-0.39, 0.29) is 23.7 Å². The van der Waals surface area contributed by atoms with E-state index in [0.717, 1.165) is 12.1 Å². The number of carboxylic acid groups (broad SMARTS) is 1. The number of hydrogen-bond acceptors (Lipinski definition) is 3. The summed E-state index contributed by atoms with van der Waals surface area (Å²) in [6.07, 6.45) is 0. The highest BCUT2D eigenvalue weighted by atomic mass is 28.3. The minimum atomic E-state index is -2.66. The smallest absolute Gasteiger partial charge is 0.343 e. The maximum atomic E-state index is 15.5. The average molecular weight is 418 g/mol. The molecule has 1 unspecified atom stereocenters. The van der Waals surface area contributed by atoms with Crippen LogP contribution in [0.1, 0.15) is 46.1 Å². The lowest BCUT2D eigenvalue weighted by atomic mass is 9.86. The molecule has 0 aromatic heterocycles. The van der Waals surface area contributed by atoms with Crippen LogP contribution in [0.2, 0.25) is 11.6 Å². The lowest BCUT2D eigenvalue weighted by molar-refractivity contribution is -0.151. The van der Waals surface area contributed by atoms with Gasteiger partial charge in [-0.15, -0.1) is 0 Å². The molecule has 3 atom stereocenters. The number of benzene rings is 1. The van der Waals surface area contributed by atoms with E-state index >= 15 is 4.39 Å². The third-order valence-electron chi connectivity index (χ3n) is 5.83. The zero-order valence-electron chi connectivity index (χ0n) is 17.4. The Bertz CT molecular complexity index is 738. The number of likely N-dealkylation sites (tertiary alicyclic amines) is 1. The van der Waals surface area contributed by atoms with Crippen LogP contribution in [0.15, 0.2) is 18.2 Å². The average Bonchev–Trinajstić information content (AvgIpc) is 2.92. The quantitative estimate of drug-likeness (QED) is 0.708. The molecule has 1 fully saturated rings. The van der Waals surface area contributed by atoms with Gasteiger partial charge in [0.05, 0.1) is 6.61 Å². The zero-order valence-corrected chi connectivity index (χ0v) is 18.5. The lowest BCUT2D eigenvalue weighted by Gasteiger charge is -2.38. The Labute approximate surface area is 166 Å². The molecule has 2 rings (SSSR count). The molecule has 0 radical (unpaired) electrons. The first-order valence-electron chi connectivity index (χ1n) is 9.42. The highest BCUT2D eigenvalue weighted by Gasteiger charge is 2.57. The van der Waals surface area contributed by atoms with Crippen LogP contribution in [0, 0.1) is 11.6 Å². The number of hydrogen-bond donors (Lipinski definition) is 1. The number of alkyl halides is 1. The van der Waals surface area contributed by atoms with Crippen LogP contribution < -0.4 is 0 Å². The molecular weight excluding hydrogens is 387 g/mol. The SMILES string of the molecule is C[SiH](OCC(C)(C)N1C[C@@H](c2ccc(F)cc2F)[C@](F)(C(=O)O)C1)C(C)(C)C. The summed E-state index contributed by atoms with van der Waals surface area (Å²) in [5, 5.41) is 9.60. The summed E-state index contributed by atoms with van der Waals surface area (Å²) in [5.74, 6) is -4.59. The van der Waals surface area contributed by atoms with Crippen molar-refractivity contribution >= 4 is 15.0 Å². The van der Waals surface area contributed by atoms with E-state index in [1.165, 1.54) is 0 Å². The third-order valence-corrected chi connectivity index (χ3v) is 8.94. The number of carboxylic acids is 1. The van der Waals surface area contributed by atoms with Gasteiger partial charge in [-0.05, 0) is 37.1 Å². The summed E-state index contributed by atoms with van der Waals surface area (Å²) < 4.78 is 49.1. The van der Waals surface area contributed by atoms with Crippen LogP contribution in [0.4, 0.5) is 13.2 Å². The Morgan fingerprint density at radius 2 is 1.93 bits per heavy atom. The highest BCUT2D eigenvalue weighted by molar-refractivity contribution is 6.53. The van der Waals surface area contributed by atoms with Crippen molar-refractivity contribution in [3.05, 3.63) is 35.4 Å². The van der Waals surface area contributed by atoms with Crippen molar-refractivity contribution in [1.29, 1.82) is 0 Å². The van der Waals surface area contributed by atoms with Gasteiger partial charge in [0.15, 0.2) is 9.04 Å². The third kappa shape index (κ3) is 4.60. The van der Waals surface area contributed by atoms with Gasteiger partial charge in [-0.1, -0.05) is 26.8 Å². The molecule has 1 heterocycles. The maximum Gasteiger partial charge on any atom is 0.343 e. The minimum Gasteiger partial charge on any atom is -0.479 e. The summed E-state index contributed by atoms with van der Waals surface area (Å²) in [7, 11) is -1.51. The van der Waals surface area contributed by atoms with Crippen LogP contribution >= 0.6 is 0 Å². The second-order valence-electron chi connectivity index (χ2n) is 9.40. The molecular formula is C20H30F3NO3Si. The predicted octanol–water partition coefficient (Wildman–Crippen LogP) is 4.11. The number of halogens is 3. The fourth-order valence-electron chi connectivity index (χ4n) is 3.29. The van der Waals surface area contributed by atoms with Gasteiger partial charge < -0.3 is 9.53 Å². The molecule has 0 aliphatic carbocycles. The van der Waals surface area contributed by atoms with Crippen molar-refractivity contribution in [3.8, 4) is 0 Å². The Hall–Kier alpha value is -1.38. The first-order valence-corrected chi connectivity index (χ1v) is 11.6. The fourth-order valence-corrected chi connectivity index (χ4v) is 4.45. The van der Waals surface area contributed by atoms with Crippen molar-refractivity contribution in [2.75, 3.05) is 19.7 Å². The Morgan fingerprint density at radius 3 is 2.43 bits per heavy atom. The molecule has 8 heteroatoms. The maximum absolute atomic E-state index is 15.5. The van der Waals surface area contributed by atoms with Gasteiger partial charge in [0.2, 0.25) is 5.67 Å². The van der Waals surface area contributed by atoms with E-state index in [1.54, 1.807) is 4.90 Å². The summed E-state index contributed by atoms with van der Waals surface area (Å²) in [5.41, 5.74) is -3.42. The van der Waals surface area contributed by atoms with Gasteiger partial charge in [-0.3, -0.25) is 4.90 Å². The van der Waals surface area contributed by atoms with E-state index in [4.69, 9.17) is 4.43 Å². The van der Waals surface area contributed by atoms with Crippen molar-refractivity contribution in [3.63, 3.8) is 0 Å². The summed E-state index contributed by atoms with van der Waals surface area (Å²) in [6.45, 7) is 12.1. The molecule has 0 amide bonds. The standard InChI is InChI=1S/C20H30F3NO3Si/c1-18(2,3)28(6)27-12-19(4,5)24-10-15(20(23,11-24)17(25)26)14-8-7-13(21)9-16(14)22/h7-9,15,28H,10-12H2,1-6H3,(H,25,26)/t15-,20-,28?/m0/s1. The molecule has 1 aliphatic rings. The highest BCUT2D eigenvalue weighted by Crippen LogP contribution is 2.43. The molecule has 1 aliphatic heterocycles. The van der Waals surface area contributed by atoms with E-state index in [9.17, 15) is 18.7 Å². The number of nitrogens with zero attached hydrogens (tertiary/aromatic N) is 1.